The first-order valence-electron chi connectivity index (χ1n) is 13.1. The number of nitrogens with one attached hydrogen (secondary N) is 3. The molecule has 44 heavy (non-hydrogen) atoms. The van der Waals surface area contributed by atoms with E-state index < -0.39 is 17.9 Å². The van der Waals surface area contributed by atoms with Crippen molar-refractivity contribution in [1.29, 1.82) is 0 Å². The summed E-state index contributed by atoms with van der Waals surface area (Å²) in [5, 5.41) is 11.9. The van der Waals surface area contributed by atoms with Gasteiger partial charge in [-0.15, -0.1) is 0 Å². The Balaban J connectivity index is 1.44. The van der Waals surface area contributed by atoms with Crippen molar-refractivity contribution < 1.29 is 23.8 Å². The van der Waals surface area contributed by atoms with Crippen molar-refractivity contribution in [3.63, 3.8) is 0 Å². The van der Waals surface area contributed by atoms with E-state index in [0.29, 0.717) is 59.6 Å². The summed E-state index contributed by atoms with van der Waals surface area (Å²) >= 11 is 30.1. The number of halogens is 4. The van der Waals surface area contributed by atoms with Crippen LogP contribution in [0.2, 0.25) is 20.1 Å². The lowest BCUT2D eigenvalue weighted by Gasteiger charge is -2.30. The lowest BCUT2D eigenvalue weighted by molar-refractivity contribution is -0.139. The predicted octanol–water partition coefficient (Wildman–Crippen LogP) is 6.76. The normalized spacial score (nSPS) is 14.6. The zero-order valence-corrected chi connectivity index (χ0v) is 27.2. The van der Waals surface area contributed by atoms with Crippen molar-refractivity contribution in [2.75, 3.05) is 13.2 Å². The molecule has 0 saturated carbocycles. The van der Waals surface area contributed by atoms with Crippen LogP contribution in [-0.2, 0) is 20.9 Å². The number of carbonyl (C=O) groups is 2. The fourth-order valence-electron chi connectivity index (χ4n) is 4.22. The van der Waals surface area contributed by atoms with E-state index in [2.05, 4.69) is 21.2 Å². The number of benzene rings is 3. The molecule has 1 heterocycles. The Kier molecular flexibility index (Phi) is 11.7. The van der Waals surface area contributed by atoms with Gasteiger partial charge in [-0.1, -0.05) is 70.7 Å². The largest absolute Gasteiger partial charge is 0.487 e. The van der Waals surface area contributed by atoms with Crippen LogP contribution in [0.15, 0.2) is 71.0 Å². The number of para-hydroxylation sites is 1. The average Bonchev–Trinajstić information content (AvgIpc) is 2.96. The van der Waals surface area contributed by atoms with Gasteiger partial charge in [0.05, 0.1) is 29.5 Å². The smallest absolute Gasteiger partial charge is 0.338 e. The first kappa shape index (κ1) is 33.4. The van der Waals surface area contributed by atoms with E-state index in [1.54, 1.807) is 62.4 Å². The van der Waals surface area contributed by atoms with Crippen molar-refractivity contribution in [1.82, 2.24) is 16.1 Å². The van der Waals surface area contributed by atoms with Crippen molar-refractivity contribution in [2.24, 2.45) is 5.10 Å². The lowest BCUT2D eigenvalue weighted by atomic mass is 9.95. The molecule has 14 heteroatoms. The maximum absolute atomic E-state index is 12.8. The Bertz CT molecular complexity index is 1650. The van der Waals surface area contributed by atoms with E-state index in [1.807, 2.05) is 0 Å². The SMILES string of the molecule is CCOC(=O)C1=C(C)NC(=S)N[C@@H]1c1ccccc1OCC(=O)NN=Cc1cc(Cl)cc(Cl)c1OCc1ccc(Cl)cc1Cl. The Labute approximate surface area is 279 Å². The summed E-state index contributed by atoms with van der Waals surface area (Å²) in [7, 11) is 0. The summed E-state index contributed by atoms with van der Waals surface area (Å²) in [6, 6.07) is 14.5. The summed E-state index contributed by atoms with van der Waals surface area (Å²) in [6.07, 6.45) is 1.35. The molecule has 0 radical (unpaired) electrons. The summed E-state index contributed by atoms with van der Waals surface area (Å²) < 4.78 is 17.0. The fraction of sp³-hybridized carbons (Fsp3) is 0.200. The Hall–Kier alpha value is -3.54. The van der Waals surface area contributed by atoms with Gasteiger partial charge >= 0.3 is 5.97 Å². The minimum absolute atomic E-state index is 0.0982. The quantitative estimate of drug-likeness (QED) is 0.0874. The molecule has 9 nitrogen and oxygen atoms in total. The van der Waals surface area contributed by atoms with Gasteiger partial charge in [0.25, 0.3) is 5.91 Å². The van der Waals surface area contributed by atoms with Crippen LogP contribution >= 0.6 is 58.6 Å². The third-order valence-corrected chi connectivity index (χ3v) is 7.48. The van der Waals surface area contributed by atoms with Gasteiger partial charge in [0, 0.05) is 37.5 Å². The van der Waals surface area contributed by atoms with Crippen molar-refractivity contribution in [2.45, 2.75) is 26.5 Å². The Morgan fingerprint density at radius 3 is 2.52 bits per heavy atom. The highest BCUT2D eigenvalue weighted by molar-refractivity contribution is 7.80. The molecule has 1 atom stereocenters. The molecule has 3 N–H and O–H groups in total. The Morgan fingerprint density at radius 1 is 1.02 bits per heavy atom. The van der Waals surface area contributed by atoms with Crippen LogP contribution in [0.25, 0.3) is 0 Å². The molecular weight excluding hydrogens is 670 g/mol. The van der Waals surface area contributed by atoms with E-state index in [0.717, 1.165) is 0 Å². The number of amides is 1. The number of rotatable bonds is 11. The monoisotopic (exact) mass is 694 g/mol. The molecule has 3 aromatic rings. The second kappa shape index (κ2) is 15.5. The van der Waals surface area contributed by atoms with Crippen molar-refractivity contribution in [3.8, 4) is 11.5 Å². The van der Waals surface area contributed by atoms with Crippen molar-refractivity contribution >= 4 is 81.8 Å². The zero-order valence-electron chi connectivity index (χ0n) is 23.4. The topological polar surface area (TPSA) is 110 Å². The number of allylic oxidation sites excluding steroid dienone is 1. The third-order valence-electron chi connectivity index (χ3n) is 6.17. The second-order valence-corrected chi connectivity index (χ2v) is 11.3. The van der Waals surface area contributed by atoms with Crippen molar-refractivity contribution in [3.05, 3.63) is 103 Å². The van der Waals surface area contributed by atoms with Gasteiger partial charge in [-0.25, -0.2) is 10.2 Å². The molecule has 0 bridgehead atoms. The fourth-order valence-corrected chi connectivity index (χ4v) is 5.52. The van der Waals surface area contributed by atoms with Gasteiger partial charge < -0.3 is 24.8 Å². The molecule has 3 aromatic carbocycles. The third kappa shape index (κ3) is 8.55. The lowest BCUT2D eigenvalue weighted by Crippen LogP contribution is -2.45. The first-order chi connectivity index (χ1) is 21.1. The molecule has 0 aliphatic carbocycles. The van der Waals surface area contributed by atoms with Crippen LogP contribution in [0.4, 0.5) is 0 Å². The first-order valence-corrected chi connectivity index (χ1v) is 15.0. The molecule has 0 spiro atoms. The molecule has 0 fully saturated rings. The number of ether oxygens (including phenoxy) is 3. The maximum atomic E-state index is 12.8. The molecule has 1 aliphatic rings. The van der Waals surface area contributed by atoms with E-state index in [4.69, 9.17) is 72.8 Å². The number of thiocarbonyl (C=S) groups is 1. The van der Waals surface area contributed by atoms with E-state index in [1.165, 1.54) is 12.3 Å². The number of hydrogen-bond donors (Lipinski definition) is 3. The molecular formula is C30H26Cl4N4O5S. The summed E-state index contributed by atoms with van der Waals surface area (Å²) in [4.78, 5) is 25.4. The van der Waals surface area contributed by atoms with Gasteiger partial charge in [-0.2, -0.15) is 5.10 Å². The highest BCUT2D eigenvalue weighted by atomic mass is 35.5. The zero-order chi connectivity index (χ0) is 31.8. The van der Waals surface area contributed by atoms with Gasteiger partial charge in [0.15, 0.2) is 11.7 Å². The summed E-state index contributed by atoms with van der Waals surface area (Å²) in [6.45, 7) is 3.38. The minimum atomic E-state index is -0.658. The van der Waals surface area contributed by atoms with E-state index in [9.17, 15) is 9.59 Å². The number of carbonyl (C=O) groups excluding carboxylic acids is 2. The van der Waals surface area contributed by atoms with Crippen LogP contribution in [0, 0.1) is 0 Å². The van der Waals surface area contributed by atoms with Gasteiger partial charge in [0.1, 0.15) is 18.1 Å². The highest BCUT2D eigenvalue weighted by Gasteiger charge is 2.32. The van der Waals surface area contributed by atoms with Gasteiger partial charge in [-0.3, -0.25) is 4.79 Å². The van der Waals surface area contributed by atoms with Gasteiger partial charge in [-0.05, 0) is 56.4 Å². The predicted molar refractivity (Wildman–Crippen MR) is 176 cm³/mol. The number of esters is 1. The van der Waals surface area contributed by atoms with E-state index >= 15 is 0 Å². The standard InChI is InChI=1S/C30H26Cl4N4O5S/c1-3-41-29(40)26-16(2)36-30(44)37-27(26)21-6-4-5-7-24(21)42-15-25(39)38-35-13-18-10-20(32)12-23(34)28(18)43-14-17-8-9-19(31)11-22(17)33/h4-13,27H,3,14-15H2,1-2H3,(H,38,39)(H2,36,37,44)/t27-/m1/s1. The Morgan fingerprint density at radius 2 is 1.77 bits per heavy atom. The van der Waals surface area contributed by atoms with Crippen LogP contribution in [0.5, 0.6) is 11.5 Å². The van der Waals surface area contributed by atoms with Crippen LogP contribution < -0.4 is 25.5 Å². The average molecular weight is 696 g/mol. The molecule has 0 aromatic heterocycles. The number of hydrogen-bond acceptors (Lipinski definition) is 7. The van der Waals surface area contributed by atoms with Crippen LogP contribution in [0.3, 0.4) is 0 Å². The molecule has 0 saturated heterocycles. The molecule has 4 rings (SSSR count). The number of hydrazone groups is 1. The minimum Gasteiger partial charge on any atom is -0.487 e. The van der Waals surface area contributed by atoms with Crippen LogP contribution in [0.1, 0.15) is 36.6 Å². The summed E-state index contributed by atoms with van der Waals surface area (Å²) in [5.41, 5.74) is 5.01. The van der Waals surface area contributed by atoms with Gasteiger partial charge in [0.2, 0.25) is 0 Å². The number of nitrogens with zero attached hydrogens (tertiary/aromatic N) is 1. The van der Waals surface area contributed by atoms with E-state index in [-0.39, 0.29) is 24.8 Å². The maximum Gasteiger partial charge on any atom is 0.338 e. The second-order valence-electron chi connectivity index (χ2n) is 9.24. The molecule has 230 valence electrons. The highest BCUT2D eigenvalue weighted by Crippen LogP contribution is 2.34. The molecule has 1 amide bonds. The summed E-state index contributed by atoms with van der Waals surface area (Å²) in [5.74, 6) is -0.397. The molecule has 0 unspecified atom stereocenters. The van der Waals surface area contributed by atoms with Crippen LogP contribution in [-0.4, -0.2) is 36.4 Å². The molecule has 1 aliphatic heterocycles.